The van der Waals surface area contributed by atoms with E-state index in [4.69, 9.17) is 0 Å². The van der Waals surface area contributed by atoms with Crippen LogP contribution in [0.25, 0.3) is 0 Å². The van der Waals surface area contributed by atoms with Gasteiger partial charge < -0.3 is 5.32 Å². The maximum atomic E-state index is 11.1. The first kappa shape index (κ1) is 9.00. The number of nitrogens with one attached hydrogen (secondary N) is 1. The minimum atomic E-state index is -0.0704. The van der Waals surface area contributed by atoms with Gasteiger partial charge in [-0.05, 0) is 30.9 Å². The summed E-state index contributed by atoms with van der Waals surface area (Å²) in [6, 6.07) is 0. The van der Waals surface area contributed by atoms with Crippen molar-refractivity contribution in [3.63, 3.8) is 0 Å². The van der Waals surface area contributed by atoms with E-state index in [-0.39, 0.29) is 5.91 Å². The summed E-state index contributed by atoms with van der Waals surface area (Å²) in [5, 5.41) is 6.71. The molecule has 1 amide bonds. The van der Waals surface area contributed by atoms with Gasteiger partial charge in [-0.2, -0.15) is 0 Å². The molecule has 0 radical (unpaired) electrons. The lowest BCUT2D eigenvalue weighted by atomic mass is 10.3. The molecule has 1 rings (SSSR count). The van der Waals surface area contributed by atoms with Crippen LogP contribution in [0.3, 0.4) is 0 Å². The Kier molecular flexibility index (Phi) is 3.05. The Morgan fingerprint density at radius 1 is 1.58 bits per heavy atom. The Balaban J connectivity index is 2.64. The van der Waals surface area contributed by atoms with E-state index in [0.717, 1.165) is 11.3 Å². The van der Waals surface area contributed by atoms with Crippen molar-refractivity contribution < 1.29 is 4.79 Å². The lowest BCUT2D eigenvalue weighted by molar-refractivity contribution is -0.111. The van der Waals surface area contributed by atoms with Gasteiger partial charge in [0.25, 0.3) is 0 Å². The highest BCUT2D eigenvalue weighted by molar-refractivity contribution is 7.08. The molecule has 1 aromatic heterocycles. The summed E-state index contributed by atoms with van der Waals surface area (Å²) in [7, 11) is 0. The van der Waals surface area contributed by atoms with Gasteiger partial charge in [-0.1, -0.05) is 6.08 Å². The van der Waals surface area contributed by atoms with Crippen molar-refractivity contribution in [2.24, 2.45) is 0 Å². The van der Waals surface area contributed by atoms with E-state index in [2.05, 4.69) is 5.32 Å². The van der Waals surface area contributed by atoms with E-state index in [0.29, 0.717) is 0 Å². The summed E-state index contributed by atoms with van der Waals surface area (Å²) < 4.78 is 0. The molecule has 1 aromatic rings. The van der Waals surface area contributed by atoms with Gasteiger partial charge in [-0.25, -0.2) is 0 Å². The highest BCUT2D eigenvalue weighted by Crippen LogP contribution is 2.18. The van der Waals surface area contributed by atoms with Crippen molar-refractivity contribution in [1.82, 2.24) is 0 Å². The molecule has 1 N–H and O–H groups in total. The van der Waals surface area contributed by atoms with Crippen LogP contribution in [0.15, 0.2) is 22.9 Å². The van der Waals surface area contributed by atoms with E-state index < -0.39 is 0 Å². The molecule has 0 unspecified atom stereocenters. The smallest absolute Gasteiger partial charge is 0.248 e. The van der Waals surface area contributed by atoms with Crippen molar-refractivity contribution in [3.8, 4) is 0 Å². The monoisotopic (exact) mass is 181 g/mol. The van der Waals surface area contributed by atoms with Gasteiger partial charge in [0, 0.05) is 5.38 Å². The van der Waals surface area contributed by atoms with Gasteiger partial charge in [0.1, 0.15) is 0 Å². The minimum absolute atomic E-state index is 0.0704. The van der Waals surface area contributed by atoms with E-state index in [1.807, 2.05) is 24.6 Å². The molecule has 0 aliphatic rings. The molecule has 0 bridgehead atoms. The van der Waals surface area contributed by atoms with E-state index >= 15 is 0 Å². The number of rotatable bonds is 2. The molecule has 0 atom stereocenters. The molecule has 0 aliphatic heterocycles. The van der Waals surface area contributed by atoms with Gasteiger partial charge in [-0.15, -0.1) is 11.3 Å². The molecule has 12 heavy (non-hydrogen) atoms. The van der Waals surface area contributed by atoms with Crippen molar-refractivity contribution in [3.05, 3.63) is 28.5 Å². The second-order valence-electron chi connectivity index (χ2n) is 2.46. The molecule has 0 aromatic carbocycles. The van der Waals surface area contributed by atoms with Crippen LogP contribution in [0, 0.1) is 6.92 Å². The molecule has 2 nitrogen and oxygen atoms in total. The zero-order chi connectivity index (χ0) is 8.97. The second kappa shape index (κ2) is 4.07. The first-order valence-electron chi connectivity index (χ1n) is 3.70. The lowest BCUT2D eigenvalue weighted by Gasteiger charge is -1.98. The maximum absolute atomic E-state index is 11.1. The Labute approximate surface area is 75.9 Å². The quantitative estimate of drug-likeness (QED) is 0.698. The zero-order valence-corrected chi connectivity index (χ0v) is 7.94. The molecule has 3 heteroatoms. The number of carbonyl (C=O) groups excluding carboxylic acids is 1. The Hall–Kier alpha value is -1.09. The first-order valence-corrected chi connectivity index (χ1v) is 4.65. The standard InChI is InChI=1S/C9H11NOS/c1-3-4-9(11)10-8-6-12-5-7(8)2/h3-6H,1-2H3,(H,10,11). The number of thiophene rings is 1. The maximum Gasteiger partial charge on any atom is 0.248 e. The zero-order valence-electron chi connectivity index (χ0n) is 7.13. The molecule has 0 saturated carbocycles. The fraction of sp³-hybridized carbons (Fsp3) is 0.222. The van der Waals surface area contributed by atoms with Crippen molar-refractivity contribution >= 4 is 22.9 Å². The number of anilines is 1. The number of aryl methyl sites for hydroxylation is 1. The Morgan fingerprint density at radius 3 is 2.83 bits per heavy atom. The third kappa shape index (κ3) is 2.20. The van der Waals surface area contributed by atoms with Crippen molar-refractivity contribution in [1.29, 1.82) is 0 Å². The van der Waals surface area contributed by atoms with Gasteiger partial charge in [0.05, 0.1) is 5.69 Å². The minimum Gasteiger partial charge on any atom is -0.322 e. The normalized spacial score (nSPS) is 10.5. The summed E-state index contributed by atoms with van der Waals surface area (Å²) in [4.78, 5) is 11.1. The van der Waals surface area contributed by atoms with Crippen LogP contribution in [-0.4, -0.2) is 5.91 Å². The summed E-state index contributed by atoms with van der Waals surface area (Å²) in [5.74, 6) is -0.0704. The van der Waals surface area contributed by atoms with Crippen LogP contribution >= 0.6 is 11.3 Å². The first-order chi connectivity index (χ1) is 5.74. The van der Waals surface area contributed by atoms with E-state index in [9.17, 15) is 4.79 Å². The summed E-state index contributed by atoms with van der Waals surface area (Å²) in [6.45, 7) is 3.79. The van der Waals surface area contributed by atoms with E-state index in [1.54, 1.807) is 17.4 Å². The van der Waals surface area contributed by atoms with Crippen LogP contribution in [0.1, 0.15) is 12.5 Å². The highest BCUT2D eigenvalue weighted by atomic mass is 32.1. The summed E-state index contributed by atoms with van der Waals surface area (Å²) in [6.07, 6.45) is 3.23. The number of carbonyl (C=O) groups is 1. The van der Waals surface area contributed by atoms with Gasteiger partial charge >= 0.3 is 0 Å². The van der Waals surface area contributed by atoms with Crippen LogP contribution < -0.4 is 5.32 Å². The third-order valence-corrected chi connectivity index (χ3v) is 2.29. The van der Waals surface area contributed by atoms with Gasteiger partial charge in [0.15, 0.2) is 0 Å². The molecule has 64 valence electrons. The number of allylic oxidation sites excluding steroid dienone is 1. The molecule has 0 aliphatic carbocycles. The van der Waals surface area contributed by atoms with E-state index in [1.165, 1.54) is 6.08 Å². The topological polar surface area (TPSA) is 29.1 Å². The van der Waals surface area contributed by atoms with Crippen LogP contribution in [0.4, 0.5) is 5.69 Å². The molecule has 0 saturated heterocycles. The molecule has 1 heterocycles. The Bertz CT molecular complexity index is 301. The van der Waals surface area contributed by atoms with Crippen molar-refractivity contribution in [2.75, 3.05) is 5.32 Å². The van der Waals surface area contributed by atoms with Crippen LogP contribution in [-0.2, 0) is 4.79 Å². The number of amides is 1. The Morgan fingerprint density at radius 2 is 2.33 bits per heavy atom. The largest absolute Gasteiger partial charge is 0.322 e. The van der Waals surface area contributed by atoms with Crippen LogP contribution in [0.2, 0.25) is 0 Å². The molecular formula is C9H11NOS. The van der Waals surface area contributed by atoms with Gasteiger partial charge in [-0.3, -0.25) is 4.79 Å². The average molecular weight is 181 g/mol. The number of hydrogen-bond acceptors (Lipinski definition) is 2. The second-order valence-corrected chi connectivity index (χ2v) is 3.20. The molecular weight excluding hydrogens is 170 g/mol. The number of hydrogen-bond donors (Lipinski definition) is 1. The fourth-order valence-electron chi connectivity index (χ4n) is 0.814. The predicted octanol–water partition coefficient (Wildman–Crippen LogP) is 2.57. The molecule has 0 fully saturated rings. The SMILES string of the molecule is CC=CC(=O)Nc1cscc1C. The van der Waals surface area contributed by atoms with Crippen molar-refractivity contribution in [2.45, 2.75) is 13.8 Å². The van der Waals surface area contributed by atoms with Crippen LogP contribution in [0.5, 0.6) is 0 Å². The molecule has 0 spiro atoms. The fourth-order valence-corrected chi connectivity index (χ4v) is 1.59. The predicted molar refractivity (Wildman–Crippen MR) is 52.5 cm³/mol. The van der Waals surface area contributed by atoms with Gasteiger partial charge in [0.2, 0.25) is 5.91 Å². The third-order valence-electron chi connectivity index (χ3n) is 1.43. The average Bonchev–Trinajstić information content (AvgIpc) is 2.37. The lowest BCUT2D eigenvalue weighted by Crippen LogP contribution is -2.07. The summed E-state index contributed by atoms with van der Waals surface area (Å²) in [5.41, 5.74) is 2.01. The highest BCUT2D eigenvalue weighted by Gasteiger charge is 2.00. The summed E-state index contributed by atoms with van der Waals surface area (Å²) >= 11 is 1.59.